The molecule has 1 aliphatic rings. The van der Waals surface area contributed by atoms with Gasteiger partial charge in [0.2, 0.25) is 0 Å². The van der Waals surface area contributed by atoms with Gasteiger partial charge in [-0.3, -0.25) is 4.90 Å². The molecule has 21 heavy (non-hydrogen) atoms. The minimum absolute atomic E-state index is 0. The zero-order chi connectivity index (χ0) is 14.6. The standard InChI is InChI=1S/C14H19F3N2O.ClH/c1-2-20-12-5-3-4-11(10-12)13(14(15,16)17)19-8-6-18-7-9-19;/h3-5,10,13,18H,2,6-9H2,1H3;1H/t13-;/m1./s1. The lowest BCUT2D eigenvalue weighted by Crippen LogP contribution is -2.49. The topological polar surface area (TPSA) is 24.5 Å². The number of halogens is 4. The van der Waals surface area contributed by atoms with Crippen molar-refractivity contribution < 1.29 is 17.9 Å². The number of benzene rings is 1. The highest BCUT2D eigenvalue weighted by Gasteiger charge is 2.44. The van der Waals surface area contributed by atoms with Crippen LogP contribution < -0.4 is 10.1 Å². The Balaban J connectivity index is 0.00000220. The van der Waals surface area contributed by atoms with Crippen LogP contribution in [0.1, 0.15) is 18.5 Å². The summed E-state index contributed by atoms with van der Waals surface area (Å²) < 4.78 is 45.5. The molecule has 0 saturated carbocycles. The monoisotopic (exact) mass is 324 g/mol. The van der Waals surface area contributed by atoms with Crippen molar-refractivity contribution in [1.29, 1.82) is 0 Å². The van der Waals surface area contributed by atoms with Crippen molar-refractivity contribution >= 4 is 12.4 Å². The van der Waals surface area contributed by atoms with E-state index in [0.717, 1.165) is 0 Å². The van der Waals surface area contributed by atoms with Gasteiger partial charge in [0.1, 0.15) is 11.8 Å². The van der Waals surface area contributed by atoms with Gasteiger partial charge in [0.15, 0.2) is 0 Å². The average molecular weight is 325 g/mol. The Morgan fingerprint density at radius 3 is 2.52 bits per heavy atom. The van der Waals surface area contributed by atoms with Crippen LogP contribution in [0.4, 0.5) is 13.2 Å². The van der Waals surface area contributed by atoms with Gasteiger partial charge in [-0.1, -0.05) is 12.1 Å². The van der Waals surface area contributed by atoms with Gasteiger partial charge in [0, 0.05) is 26.2 Å². The van der Waals surface area contributed by atoms with Crippen LogP contribution >= 0.6 is 12.4 Å². The van der Waals surface area contributed by atoms with Crippen molar-refractivity contribution in [2.75, 3.05) is 32.8 Å². The summed E-state index contributed by atoms with van der Waals surface area (Å²) in [6.07, 6.45) is -4.29. The summed E-state index contributed by atoms with van der Waals surface area (Å²) in [5.41, 5.74) is 0.241. The van der Waals surface area contributed by atoms with Crippen LogP contribution in [-0.4, -0.2) is 43.9 Å². The van der Waals surface area contributed by atoms with Crippen LogP contribution in [0.2, 0.25) is 0 Å². The van der Waals surface area contributed by atoms with E-state index in [-0.39, 0.29) is 18.0 Å². The fourth-order valence-electron chi connectivity index (χ4n) is 2.49. The van der Waals surface area contributed by atoms with E-state index in [0.29, 0.717) is 38.5 Å². The Hall–Kier alpha value is -0.980. The third-order valence-electron chi connectivity index (χ3n) is 3.31. The predicted octanol–water partition coefficient (Wildman–Crippen LogP) is 3.02. The average Bonchev–Trinajstić information content (AvgIpc) is 2.39. The van der Waals surface area contributed by atoms with Gasteiger partial charge in [0.05, 0.1) is 6.61 Å². The van der Waals surface area contributed by atoms with Crippen LogP contribution in [0.25, 0.3) is 0 Å². The van der Waals surface area contributed by atoms with Gasteiger partial charge < -0.3 is 10.1 Å². The molecule has 3 nitrogen and oxygen atoms in total. The Bertz CT molecular complexity index is 436. The molecule has 0 amide bonds. The van der Waals surface area contributed by atoms with E-state index in [2.05, 4.69) is 5.32 Å². The fraction of sp³-hybridized carbons (Fsp3) is 0.571. The van der Waals surface area contributed by atoms with Gasteiger partial charge >= 0.3 is 6.18 Å². The minimum Gasteiger partial charge on any atom is -0.494 e. The Morgan fingerprint density at radius 1 is 1.29 bits per heavy atom. The SMILES string of the molecule is CCOc1cccc([C@@H](N2CCNCC2)C(F)(F)F)c1.Cl. The maximum Gasteiger partial charge on any atom is 0.408 e. The molecule has 0 aliphatic carbocycles. The van der Waals surface area contributed by atoms with Gasteiger partial charge in [-0.25, -0.2) is 0 Å². The zero-order valence-electron chi connectivity index (χ0n) is 11.8. The highest BCUT2D eigenvalue weighted by molar-refractivity contribution is 5.85. The molecule has 1 aliphatic heterocycles. The third-order valence-corrected chi connectivity index (χ3v) is 3.31. The van der Waals surface area contributed by atoms with Crippen molar-refractivity contribution in [3.8, 4) is 5.75 Å². The van der Waals surface area contributed by atoms with Gasteiger partial charge in [-0.15, -0.1) is 12.4 Å². The first kappa shape index (κ1) is 18.1. The molecule has 0 radical (unpaired) electrons. The van der Waals surface area contributed by atoms with E-state index in [9.17, 15) is 13.2 Å². The van der Waals surface area contributed by atoms with E-state index in [1.165, 1.54) is 17.0 Å². The van der Waals surface area contributed by atoms with E-state index >= 15 is 0 Å². The molecule has 1 aromatic carbocycles. The van der Waals surface area contributed by atoms with Crippen molar-refractivity contribution in [3.63, 3.8) is 0 Å². The molecule has 0 aromatic heterocycles. The normalized spacial score (nSPS) is 17.9. The molecule has 120 valence electrons. The second-order valence-corrected chi connectivity index (χ2v) is 4.74. The number of nitrogens with one attached hydrogen (secondary N) is 1. The highest BCUT2D eigenvalue weighted by Crippen LogP contribution is 2.38. The second-order valence-electron chi connectivity index (χ2n) is 4.74. The number of hydrogen-bond acceptors (Lipinski definition) is 3. The molecule has 2 rings (SSSR count). The molecular weight excluding hydrogens is 305 g/mol. The first-order valence-corrected chi connectivity index (χ1v) is 6.76. The fourth-order valence-corrected chi connectivity index (χ4v) is 2.49. The summed E-state index contributed by atoms with van der Waals surface area (Å²) in [6, 6.07) is 4.73. The van der Waals surface area contributed by atoms with Crippen molar-refractivity contribution in [1.82, 2.24) is 10.2 Å². The summed E-state index contributed by atoms with van der Waals surface area (Å²) in [5.74, 6) is 0.481. The maximum atomic E-state index is 13.4. The molecule has 7 heteroatoms. The van der Waals surface area contributed by atoms with E-state index < -0.39 is 12.2 Å². The van der Waals surface area contributed by atoms with Crippen molar-refractivity contribution in [2.24, 2.45) is 0 Å². The molecule has 0 unspecified atom stereocenters. The maximum absolute atomic E-state index is 13.4. The highest BCUT2D eigenvalue weighted by atomic mass is 35.5. The quantitative estimate of drug-likeness (QED) is 0.921. The third kappa shape index (κ3) is 4.76. The molecule has 1 fully saturated rings. The summed E-state index contributed by atoms with van der Waals surface area (Å²) in [5, 5.41) is 3.07. The molecule has 0 bridgehead atoms. The zero-order valence-corrected chi connectivity index (χ0v) is 12.6. The summed E-state index contributed by atoms with van der Waals surface area (Å²) in [7, 11) is 0. The van der Waals surface area contributed by atoms with Crippen LogP contribution in [0.3, 0.4) is 0 Å². The summed E-state index contributed by atoms with van der Waals surface area (Å²) >= 11 is 0. The largest absolute Gasteiger partial charge is 0.494 e. The van der Waals surface area contributed by atoms with Crippen LogP contribution in [0.15, 0.2) is 24.3 Å². The molecule has 1 aromatic rings. The smallest absolute Gasteiger partial charge is 0.408 e. The Morgan fingerprint density at radius 2 is 1.95 bits per heavy atom. The van der Waals surface area contributed by atoms with Gasteiger partial charge in [-0.05, 0) is 24.6 Å². The first-order chi connectivity index (χ1) is 9.52. The Labute approximate surface area is 128 Å². The van der Waals surface area contributed by atoms with Gasteiger partial charge in [-0.2, -0.15) is 13.2 Å². The molecular formula is C14H20ClF3N2O. The minimum atomic E-state index is -4.29. The molecule has 1 N–H and O–H groups in total. The van der Waals surface area contributed by atoms with Crippen LogP contribution in [0.5, 0.6) is 5.75 Å². The second kappa shape index (κ2) is 7.87. The predicted molar refractivity (Wildman–Crippen MR) is 78.1 cm³/mol. The number of alkyl halides is 3. The molecule has 1 atom stereocenters. The first-order valence-electron chi connectivity index (χ1n) is 6.76. The lowest BCUT2D eigenvalue weighted by atomic mass is 10.0. The lowest BCUT2D eigenvalue weighted by molar-refractivity contribution is -0.187. The number of piperazine rings is 1. The number of rotatable bonds is 4. The lowest BCUT2D eigenvalue weighted by Gasteiger charge is -2.36. The van der Waals surface area contributed by atoms with E-state index in [4.69, 9.17) is 4.74 Å². The van der Waals surface area contributed by atoms with Crippen molar-refractivity contribution in [3.05, 3.63) is 29.8 Å². The van der Waals surface area contributed by atoms with Crippen molar-refractivity contribution in [2.45, 2.75) is 19.1 Å². The molecule has 1 saturated heterocycles. The molecule has 0 spiro atoms. The summed E-state index contributed by atoms with van der Waals surface area (Å²) in [4.78, 5) is 1.47. The number of nitrogens with zero attached hydrogens (tertiary/aromatic N) is 1. The van der Waals surface area contributed by atoms with Crippen LogP contribution in [-0.2, 0) is 0 Å². The Kier molecular flexibility index (Phi) is 6.77. The number of hydrogen-bond donors (Lipinski definition) is 1. The summed E-state index contributed by atoms with van der Waals surface area (Å²) in [6.45, 7) is 4.19. The van der Waals surface area contributed by atoms with E-state index in [1.807, 2.05) is 6.92 Å². The van der Waals surface area contributed by atoms with E-state index in [1.54, 1.807) is 12.1 Å². The van der Waals surface area contributed by atoms with Crippen LogP contribution in [0, 0.1) is 0 Å². The van der Waals surface area contributed by atoms with Gasteiger partial charge in [0.25, 0.3) is 0 Å². The number of ether oxygens (including phenoxy) is 1. The molecule has 1 heterocycles.